The molecule has 0 bridgehead atoms. The Morgan fingerprint density at radius 3 is 2.57 bits per heavy atom. The van der Waals surface area contributed by atoms with Crippen molar-refractivity contribution in [2.75, 3.05) is 11.0 Å². The molecule has 4 rings (SSSR count). The van der Waals surface area contributed by atoms with E-state index in [1.165, 1.54) is 0 Å². The Kier molecular flexibility index (Phi) is 4.77. The average molecular weight is 419 g/mol. The average Bonchev–Trinajstić information content (AvgIpc) is 3.09. The molecule has 0 aliphatic rings. The highest BCUT2D eigenvalue weighted by molar-refractivity contribution is 7.92. The van der Waals surface area contributed by atoms with Gasteiger partial charge in [0.1, 0.15) is 0 Å². The summed E-state index contributed by atoms with van der Waals surface area (Å²) in [5.74, 6) is 6.27. The summed E-state index contributed by atoms with van der Waals surface area (Å²) in [6, 6.07) is 15.4. The number of rotatable bonds is 3. The number of sulfonamides is 1. The van der Waals surface area contributed by atoms with Crippen LogP contribution in [0.5, 0.6) is 0 Å². The van der Waals surface area contributed by atoms with Crippen LogP contribution in [0.1, 0.15) is 19.4 Å². The number of nitrogens with two attached hydrogens (primary N) is 1. The third kappa shape index (κ3) is 4.30. The molecule has 2 aromatic carbocycles. The first-order valence-corrected chi connectivity index (χ1v) is 11.3. The molecule has 0 spiro atoms. The van der Waals surface area contributed by atoms with Crippen molar-refractivity contribution >= 4 is 32.0 Å². The second-order valence-electron chi connectivity index (χ2n) is 7.90. The fourth-order valence-corrected chi connectivity index (χ4v) is 3.83. The summed E-state index contributed by atoms with van der Waals surface area (Å²) < 4.78 is 27.3. The second-order valence-corrected chi connectivity index (χ2v) is 9.64. The second kappa shape index (κ2) is 7.17. The van der Waals surface area contributed by atoms with E-state index in [0.717, 1.165) is 39.2 Å². The number of fused-ring (bicyclic) bond motifs is 2. The van der Waals surface area contributed by atoms with Crippen molar-refractivity contribution < 1.29 is 8.42 Å². The molecule has 152 valence electrons. The number of nitrogens with zero attached hydrogens (tertiary/aromatic N) is 2. The molecule has 0 fully saturated rings. The van der Waals surface area contributed by atoms with E-state index in [2.05, 4.69) is 27.7 Å². The number of benzene rings is 2. The molecule has 7 heteroatoms. The van der Waals surface area contributed by atoms with E-state index in [4.69, 9.17) is 5.73 Å². The molecule has 30 heavy (non-hydrogen) atoms. The van der Waals surface area contributed by atoms with Crippen LogP contribution in [-0.4, -0.2) is 29.8 Å². The summed E-state index contributed by atoms with van der Waals surface area (Å²) in [5, 5.41) is 6.41. The summed E-state index contributed by atoms with van der Waals surface area (Å²) in [4.78, 5) is 0. The van der Waals surface area contributed by atoms with Crippen LogP contribution in [0.25, 0.3) is 27.4 Å². The molecule has 0 amide bonds. The molecule has 0 aliphatic heterocycles. The number of pyridine rings is 1. The van der Waals surface area contributed by atoms with Crippen molar-refractivity contribution in [2.24, 2.45) is 5.73 Å². The molecule has 4 aromatic rings. The molecule has 0 aliphatic carbocycles. The zero-order valence-electron chi connectivity index (χ0n) is 17.0. The van der Waals surface area contributed by atoms with E-state index < -0.39 is 15.6 Å². The molecule has 3 N–H and O–H groups in total. The Labute approximate surface area is 175 Å². The van der Waals surface area contributed by atoms with Gasteiger partial charge in [0, 0.05) is 17.4 Å². The van der Waals surface area contributed by atoms with Gasteiger partial charge < -0.3 is 5.73 Å². The molecule has 0 unspecified atom stereocenters. The Bertz CT molecular complexity index is 1440. The highest BCUT2D eigenvalue weighted by Gasteiger charge is 2.12. The number of aromatic nitrogens is 2. The maximum absolute atomic E-state index is 11.5. The highest BCUT2D eigenvalue weighted by Crippen LogP contribution is 2.30. The van der Waals surface area contributed by atoms with Crippen molar-refractivity contribution in [1.82, 2.24) is 9.61 Å². The fraction of sp³-hybridized carbons (Fsp3) is 0.174. The van der Waals surface area contributed by atoms with Gasteiger partial charge in [0.15, 0.2) is 0 Å². The summed E-state index contributed by atoms with van der Waals surface area (Å²) in [7, 11) is -3.32. The molecule has 6 nitrogen and oxygen atoms in total. The van der Waals surface area contributed by atoms with E-state index in [1.54, 1.807) is 6.07 Å². The van der Waals surface area contributed by atoms with E-state index in [-0.39, 0.29) is 0 Å². The van der Waals surface area contributed by atoms with Crippen molar-refractivity contribution in [3.05, 3.63) is 66.5 Å². The third-order valence-electron chi connectivity index (χ3n) is 4.51. The predicted molar refractivity (Wildman–Crippen MR) is 122 cm³/mol. The quantitative estimate of drug-likeness (QED) is 0.497. The zero-order chi connectivity index (χ0) is 21.5. The van der Waals surface area contributed by atoms with Crippen molar-refractivity contribution in [1.29, 1.82) is 0 Å². The van der Waals surface area contributed by atoms with Gasteiger partial charge in [-0.1, -0.05) is 30.0 Å². The molecular weight excluding hydrogens is 396 g/mol. The van der Waals surface area contributed by atoms with Gasteiger partial charge in [-0.15, -0.1) is 0 Å². The SMILES string of the molecule is CC(C)(N)C#Cc1cccn2ncc(-c3ccc4cc(NS(C)(=O)=O)ccc4c3)c12. The van der Waals surface area contributed by atoms with Gasteiger partial charge in [-0.2, -0.15) is 5.10 Å². The maximum atomic E-state index is 11.5. The minimum atomic E-state index is -3.32. The lowest BCUT2D eigenvalue weighted by atomic mass is 10.00. The Morgan fingerprint density at radius 2 is 1.83 bits per heavy atom. The molecule has 0 saturated heterocycles. The van der Waals surface area contributed by atoms with Gasteiger partial charge in [0.2, 0.25) is 10.0 Å². The standard InChI is InChI=1S/C23H22N4O2S/c1-23(2,24)11-10-16-5-4-12-27-22(16)21(15-25-27)19-7-6-18-14-20(26-30(3,28)29)9-8-17(18)13-19/h4-9,12-15,26H,24H2,1-3H3. The topological polar surface area (TPSA) is 89.5 Å². The first-order valence-electron chi connectivity index (χ1n) is 9.39. The van der Waals surface area contributed by atoms with E-state index >= 15 is 0 Å². The molecular formula is C23H22N4O2S. The van der Waals surface area contributed by atoms with Crippen LogP contribution in [0.2, 0.25) is 0 Å². The molecule has 2 heterocycles. The van der Waals surface area contributed by atoms with Crippen LogP contribution in [0.4, 0.5) is 5.69 Å². The van der Waals surface area contributed by atoms with Gasteiger partial charge in [0.25, 0.3) is 0 Å². The minimum absolute atomic E-state index is 0.538. The van der Waals surface area contributed by atoms with Crippen LogP contribution >= 0.6 is 0 Å². The molecule has 0 atom stereocenters. The Balaban J connectivity index is 1.82. The number of hydrogen-bond acceptors (Lipinski definition) is 4. The normalized spacial score (nSPS) is 12.0. The fourth-order valence-electron chi connectivity index (χ4n) is 3.27. The van der Waals surface area contributed by atoms with Gasteiger partial charge >= 0.3 is 0 Å². The van der Waals surface area contributed by atoms with Gasteiger partial charge in [-0.05, 0) is 60.5 Å². The maximum Gasteiger partial charge on any atom is 0.229 e. The number of nitrogens with one attached hydrogen (secondary N) is 1. The largest absolute Gasteiger partial charge is 0.316 e. The Hall–Kier alpha value is -3.34. The van der Waals surface area contributed by atoms with Gasteiger partial charge in [-0.25, -0.2) is 12.9 Å². The number of hydrogen-bond donors (Lipinski definition) is 2. The van der Waals surface area contributed by atoms with Gasteiger partial charge in [0.05, 0.1) is 29.1 Å². The van der Waals surface area contributed by atoms with Gasteiger partial charge in [-0.3, -0.25) is 4.72 Å². The van der Waals surface area contributed by atoms with Crippen molar-refractivity contribution in [3.8, 4) is 23.0 Å². The lowest BCUT2D eigenvalue weighted by Crippen LogP contribution is -2.29. The van der Waals surface area contributed by atoms with Crippen molar-refractivity contribution in [2.45, 2.75) is 19.4 Å². The first-order chi connectivity index (χ1) is 14.1. The summed E-state index contributed by atoms with van der Waals surface area (Å²) >= 11 is 0. The Morgan fingerprint density at radius 1 is 1.10 bits per heavy atom. The van der Waals surface area contributed by atoms with Crippen LogP contribution in [0, 0.1) is 11.8 Å². The summed E-state index contributed by atoms with van der Waals surface area (Å²) in [6.07, 6.45) is 4.86. The summed E-state index contributed by atoms with van der Waals surface area (Å²) in [5.41, 5.74) is 9.72. The lowest BCUT2D eigenvalue weighted by Gasteiger charge is -2.09. The minimum Gasteiger partial charge on any atom is -0.316 e. The third-order valence-corrected chi connectivity index (χ3v) is 5.12. The molecule has 0 radical (unpaired) electrons. The predicted octanol–water partition coefficient (Wildman–Crippen LogP) is 3.61. The number of anilines is 1. The van der Waals surface area contributed by atoms with Crippen LogP contribution in [0.15, 0.2) is 60.9 Å². The monoisotopic (exact) mass is 418 g/mol. The van der Waals surface area contributed by atoms with Crippen LogP contribution in [0.3, 0.4) is 0 Å². The summed E-state index contributed by atoms with van der Waals surface area (Å²) in [6.45, 7) is 3.74. The highest BCUT2D eigenvalue weighted by atomic mass is 32.2. The van der Waals surface area contributed by atoms with Crippen LogP contribution in [-0.2, 0) is 10.0 Å². The van der Waals surface area contributed by atoms with E-state index in [9.17, 15) is 8.42 Å². The van der Waals surface area contributed by atoms with Crippen molar-refractivity contribution in [3.63, 3.8) is 0 Å². The molecule has 2 aromatic heterocycles. The van der Waals surface area contributed by atoms with Crippen LogP contribution < -0.4 is 10.5 Å². The van der Waals surface area contributed by atoms with E-state index in [1.807, 2.05) is 67.2 Å². The molecule has 0 saturated carbocycles. The smallest absolute Gasteiger partial charge is 0.229 e. The zero-order valence-corrected chi connectivity index (χ0v) is 17.8. The first kappa shape index (κ1) is 20.0. The van der Waals surface area contributed by atoms with E-state index in [0.29, 0.717) is 5.69 Å². The lowest BCUT2D eigenvalue weighted by molar-refractivity contribution is 0.607.